The number of ether oxygens (including phenoxy) is 1. The zero-order valence-corrected chi connectivity index (χ0v) is 11.9. The average molecular weight is 367 g/mol. The van der Waals surface area contributed by atoms with Crippen molar-refractivity contribution in [3.05, 3.63) is 64.1 Å². The smallest absolute Gasteiger partial charge is 0.426 e. The van der Waals surface area contributed by atoms with Gasteiger partial charge < -0.3 is 4.74 Å². The van der Waals surface area contributed by atoms with Gasteiger partial charge in [0, 0.05) is 4.47 Å². The second kappa shape index (κ2) is 5.63. The first-order valence-electron chi connectivity index (χ1n) is 5.68. The maximum Gasteiger partial charge on any atom is 0.426 e. The van der Waals surface area contributed by atoms with Crippen molar-refractivity contribution in [1.82, 2.24) is 0 Å². The van der Waals surface area contributed by atoms with Crippen LogP contribution < -0.4 is 4.74 Å². The average Bonchev–Trinajstić information content (AvgIpc) is 2.40. The normalized spacial score (nSPS) is 12.3. The number of rotatable bonds is 3. The Hall–Kier alpha value is -1.63. The van der Waals surface area contributed by atoms with E-state index in [0.29, 0.717) is 28.7 Å². The molecule has 0 atom stereocenters. The first kappa shape index (κ1) is 15.8. The van der Waals surface area contributed by atoms with E-state index in [-0.39, 0.29) is 5.75 Å². The van der Waals surface area contributed by atoms with Gasteiger partial charge in [-0.3, -0.25) is 0 Å². The van der Waals surface area contributed by atoms with Crippen LogP contribution in [0.5, 0.6) is 5.75 Å². The monoisotopic (exact) mass is 366 g/mol. The maximum absolute atomic E-state index is 13.9. The number of benzene rings is 2. The van der Waals surface area contributed by atoms with Crippen LogP contribution in [-0.4, -0.2) is 0 Å². The number of hydrogen-bond donors (Lipinski definition) is 0. The second-order valence-electron chi connectivity index (χ2n) is 4.15. The lowest BCUT2D eigenvalue weighted by molar-refractivity contribution is -0.185. The fourth-order valence-corrected chi connectivity index (χ4v) is 1.83. The highest BCUT2D eigenvalue weighted by Crippen LogP contribution is 2.34. The Morgan fingerprint density at radius 2 is 1.19 bits per heavy atom. The van der Waals surface area contributed by atoms with E-state index in [0.717, 1.165) is 0 Å². The lowest BCUT2D eigenvalue weighted by Crippen LogP contribution is -2.22. The third-order valence-electron chi connectivity index (χ3n) is 2.61. The Balaban J connectivity index is 2.21. The topological polar surface area (TPSA) is 9.23 Å². The lowest BCUT2D eigenvalue weighted by atomic mass is 10.1. The molecule has 0 N–H and O–H groups in total. The van der Waals surface area contributed by atoms with E-state index in [9.17, 15) is 22.0 Å². The molecule has 112 valence electrons. The van der Waals surface area contributed by atoms with Gasteiger partial charge in [0.25, 0.3) is 0 Å². The third-order valence-corrected chi connectivity index (χ3v) is 3.14. The molecular formula is C14H8BrF5O. The summed E-state index contributed by atoms with van der Waals surface area (Å²) in [6, 6.07) is 8.24. The molecule has 21 heavy (non-hydrogen) atoms. The summed E-state index contributed by atoms with van der Waals surface area (Å²) in [6.45, 7) is 0. The van der Waals surface area contributed by atoms with Crippen molar-refractivity contribution in [3.63, 3.8) is 0 Å². The predicted octanol–water partition coefficient (Wildman–Crippen LogP) is 5.60. The lowest BCUT2D eigenvalue weighted by Gasteiger charge is -2.19. The molecule has 2 rings (SSSR count). The van der Waals surface area contributed by atoms with Crippen molar-refractivity contribution in [1.29, 1.82) is 0 Å². The van der Waals surface area contributed by atoms with Gasteiger partial charge in [0.1, 0.15) is 5.75 Å². The van der Waals surface area contributed by atoms with Gasteiger partial charge in [-0.15, -0.1) is 0 Å². The van der Waals surface area contributed by atoms with Gasteiger partial charge in [-0.2, -0.15) is 22.0 Å². The SMILES string of the molecule is FC(F)(F)c1ccc(C(F)(F)Oc2ccc(Br)cc2)cc1. The summed E-state index contributed by atoms with van der Waals surface area (Å²) in [5.41, 5.74) is -1.65. The van der Waals surface area contributed by atoms with Crippen LogP contribution in [-0.2, 0) is 12.3 Å². The van der Waals surface area contributed by atoms with Crippen LogP contribution in [0.2, 0.25) is 0 Å². The molecule has 0 saturated heterocycles. The molecule has 0 spiro atoms. The van der Waals surface area contributed by atoms with Crippen molar-refractivity contribution in [2.45, 2.75) is 12.3 Å². The van der Waals surface area contributed by atoms with Crippen LogP contribution in [0.4, 0.5) is 22.0 Å². The van der Waals surface area contributed by atoms with E-state index >= 15 is 0 Å². The van der Waals surface area contributed by atoms with Crippen LogP contribution in [0.1, 0.15) is 11.1 Å². The largest absolute Gasteiger partial charge is 0.429 e. The van der Waals surface area contributed by atoms with Gasteiger partial charge >= 0.3 is 12.3 Å². The number of alkyl halides is 5. The third kappa shape index (κ3) is 3.93. The summed E-state index contributed by atoms with van der Waals surface area (Å²) in [6.07, 6.45) is -8.29. The molecule has 0 radical (unpaired) electrons. The molecule has 2 aromatic rings. The molecule has 0 bridgehead atoms. The summed E-state index contributed by atoms with van der Waals surface area (Å²) in [5, 5.41) is 0. The summed E-state index contributed by atoms with van der Waals surface area (Å²) in [7, 11) is 0. The van der Waals surface area contributed by atoms with Gasteiger partial charge in [0.05, 0.1) is 11.1 Å². The fourth-order valence-electron chi connectivity index (χ4n) is 1.56. The van der Waals surface area contributed by atoms with Gasteiger partial charge in [-0.05, 0) is 48.5 Å². The number of hydrogen-bond acceptors (Lipinski definition) is 1. The molecule has 0 aromatic heterocycles. The van der Waals surface area contributed by atoms with Gasteiger partial charge in [0.2, 0.25) is 0 Å². The van der Waals surface area contributed by atoms with Gasteiger partial charge in [0.15, 0.2) is 0 Å². The molecule has 0 unspecified atom stereocenters. The van der Waals surface area contributed by atoms with Gasteiger partial charge in [-0.25, -0.2) is 0 Å². The van der Waals surface area contributed by atoms with Gasteiger partial charge in [-0.1, -0.05) is 15.9 Å². The molecule has 7 heteroatoms. The first-order chi connectivity index (χ1) is 9.68. The van der Waals surface area contributed by atoms with Crippen LogP contribution in [0.3, 0.4) is 0 Å². The van der Waals surface area contributed by atoms with E-state index in [4.69, 9.17) is 0 Å². The van der Waals surface area contributed by atoms with Crippen molar-refractivity contribution < 1.29 is 26.7 Å². The van der Waals surface area contributed by atoms with E-state index < -0.39 is 23.4 Å². The van der Waals surface area contributed by atoms with E-state index in [1.165, 1.54) is 24.3 Å². The predicted molar refractivity (Wildman–Crippen MR) is 70.1 cm³/mol. The molecule has 2 aromatic carbocycles. The Morgan fingerprint density at radius 3 is 1.67 bits per heavy atom. The van der Waals surface area contributed by atoms with Crippen LogP contribution in [0, 0.1) is 0 Å². The molecule has 0 heterocycles. The maximum atomic E-state index is 13.9. The van der Waals surface area contributed by atoms with E-state index in [1.54, 1.807) is 0 Å². The van der Waals surface area contributed by atoms with E-state index in [1.807, 2.05) is 0 Å². The molecule has 0 amide bonds. The van der Waals surface area contributed by atoms with Crippen molar-refractivity contribution >= 4 is 15.9 Å². The van der Waals surface area contributed by atoms with E-state index in [2.05, 4.69) is 20.7 Å². The molecular weight excluding hydrogens is 359 g/mol. The minimum Gasteiger partial charge on any atom is -0.429 e. The summed E-state index contributed by atoms with van der Waals surface area (Å²) in [4.78, 5) is 0. The summed E-state index contributed by atoms with van der Waals surface area (Å²) >= 11 is 3.15. The summed E-state index contributed by atoms with van der Waals surface area (Å²) in [5.74, 6) is -0.0944. The van der Waals surface area contributed by atoms with Crippen molar-refractivity contribution in [2.75, 3.05) is 0 Å². The first-order valence-corrected chi connectivity index (χ1v) is 6.48. The Kier molecular flexibility index (Phi) is 4.22. The zero-order valence-electron chi connectivity index (χ0n) is 10.3. The van der Waals surface area contributed by atoms with Crippen molar-refractivity contribution in [3.8, 4) is 5.75 Å². The molecule has 0 aliphatic rings. The minimum absolute atomic E-state index is 0.0944. The molecule has 0 fully saturated rings. The quantitative estimate of drug-likeness (QED) is 0.642. The standard InChI is InChI=1S/C14H8BrF5O/c15-11-5-7-12(8-6-11)21-14(19,20)10-3-1-9(2-4-10)13(16,17)18/h1-8H. The molecule has 1 nitrogen and oxygen atoms in total. The Labute approximate surface area is 125 Å². The van der Waals surface area contributed by atoms with Crippen LogP contribution >= 0.6 is 15.9 Å². The van der Waals surface area contributed by atoms with Crippen LogP contribution in [0.15, 0.2) is 53.0 Å². The highest BCUT2D eigenvalue weighted by molar-refractivity contribution is 9.10. The van der Waals surface area contributed by atoms with Crippen LogP contribution in [0.25, 0.3) is 0 Å². The fraction of sp³-hybridized carbons (Fsp3) is 0.143. The zero-order chi connectivity index (χ0) is 15.7. The molecule has 0 saturated carbocycles. The summed E-state index contributed by atoms with van der Waals surface area (Å²) < 4.78 is 70.1. The van der Waals surface area contributed by atoms with Crippen molar-refractivity contribution in [2.24, 2.45) is 0 Å². The molecule has 0 aliphatic carbocycles. The minimum atomic E-state index is -4.57. The highest BCUT2D eigenvalue weighted by atomic mass is 79.9. The second-order valence-corrected chi connectivity index (χ2v) is 5.06. The highest BCUT2D eigenvalue weighted by Gasteiger charge is 2.36. The number of halogens is 6. The molecule has 0 aliphatic heterocycles. The Morgan fingerprint density at radius 1 is 0.714 bits per heavy atom. The Bertz CT molecular complexity index is 605.